The Morgan fingerprint density at radius 3 is 2.47 bits per heavy atom. The Bertz CT molecular complexity index is 557. The molecule has 0 fully saturated rings. The monoisotopic (exact) mass is 230 g/mol. The van der Waals surface area contributed by atoms with Gasteiger partial charge in [0.25, 0.3) is 0 Å². The number of aliphatic hydroxyl groups is 1. The van der Waals surface area contributed by atoms with Crippen molar-refractivity contribution in [3.63, 3.8) is 0 Å². The van der Waals surface area contributed by atoms with E-state index < -0.39 is 11.6 Å². The molecule has 0 spiro atoms. The molecule has 0 aromatic heterocycles. The normalized spacial score (nSPS) is 14.5. The number of benzene rings is 2. The van der Waals surface area contributed by atoms with Gasteiger partial charge in [-0.05, 0) is 17.2 Å². The molecular weight excluding hydrogens is 216 g/mol. The van der Waals surface area contributed by atoms with Gasteiger partial charge in [0.2, 0.25) is 0 Å². The van der Waals surface area contributed by atoms with E-state index in [4.69, 9.17) is 0 Å². The molecule has 0 saturated carbocycles. The van der Waals surface area contributed by atoms with Crippen LogP contribution >= 0.6 is 0 Å². The predicted octanol–water partition coefficient (Wildman–Crippen LogP) is 2.52. The average molecular weight is 230 g/mol. The summed E-state index contributed by atoms with van der Waals surface area (Å²) in [5.74, 6) is -1.21. The van der Waals surface area contributed by atoms with Crippen LogP contribution in [0.3, 0.4) is 0 Å². The van der Waals surface area contributed by atoms with Gasteiger partial charge in [0.1, 0.15) is 0 Å². The third-order valence-electron chi connectivity index (χ3n) is 3.10. The summed E-state index contributed by atoms with van der Waals surface area (Å²) in [5, 5.41) is 21.2. The number of fused-ring (bicyclic) bond motifs is 1. The summed E-state index contributed by atoms with van der Waals surface area (Å²) in [7, 11) is 0. The third-order valence-corrected chi connectivity index (χ3v) is 3.10. The largest absolute Gasteiger partial charge is 0.479 e. The van der Waals surface area contributed by atoms with E-state index in [9.17, 15) is 15.0 Å². The Hall–Kier alpha value is -1.87. The molecule has 1 atom stereocenters. The Labute approximate surface area is 99.3 Å². The van der Waals surface area contributed by atoms with Crippen molar-refractivity contribution in [2.75, 3.05) is 0 Å². The van der Waals surface area contributed by atoms with E-state index in [1.807, 2.05) is 30.3 Å². The van der Waals surface area contributed by atoms with Crippen molar-refractivity contribution in [1.82, 2.24) is 0 Å². The minimum Gasteiger partial charge on any atom is -0.479 e. The van der Waals surface area contributed by atoms with E-state index in [0.717, 1.165) is 10.8 Å². The smallest absolute Gasteiger partial charge is 0.340 e. The Balaban J connectivity index is 2.74. The second-order valence-electron chi connectivity index (χ2n) is 4.05. The maximum atomic E-state index is 11.2. The summed E-state index contributed by atoms with van der Waals surface area (Å²) in [4.78, 5) is 11.2. The molecule has 3 heteroatoms. The SMILES string of the molecule is CC[C@](O)(C(=O)O)c1cccc2ccccc12. The zero-order valence-electron chi connectivity index (χ0n) is 9.55. The lowest BCUT2D eigenvalue weighted by molar-refractivity contribution is -0.159. The van der Waals surface area contributed by atoms with E-state index in [0.29, 0.717) is 5.56 Å². The molecule has 0 radical (unpaired) electrons. The van der Waals surface area contributed by atoms with E-state index in [-0.39, 0.29) is 6.42 Å². The highest BCUT2D eigenvalue weighted by atomic mass is 16.4. The molecule has 0 aliphatic rings. The molecule has 0 amide bonds. The van der Waals surface area contributed by atoms with E-state index in [1.54, 1.807) is 19.1 Å². The van der Waals surface area contributed by atoms with Crippen LogP contribution in [-0.4, -0.2) is 16.2 Å². The van der Waals surface area contributed by atoms with Crippen LogP contribution < -0.4 is 0 Å². The highest BCUT2D eigenvalue weighted by molar-refractivity contribution is 5.92. The van der Waals surface area contributed by atoms with Crippen molar-refractivity contribution in [3.8, 4) is 0 Å². The second kappa shape index (κ2) is 4.18. The van der Waals surface area contributed by atoms with Gasteiger partial charge < -0.3 is 10.2 Å². The van der Waals surface area contributed by atoms with Crippen molar-refractivity contribution in [3.05, 3.63) is 48.0 Å². The van der Waals surface area contributed by atoms with Crippen LogP contribution in [0.25, 0.3) is 10.8 Å². The summed E-state index contributed by atoms with van der Waals surface area (Å²) in [6, 6.07) is 12.8. The first kappa shape index (κ1) is 11.6. The fraction of sp³-hybridized carbons (Fsp3) is 0.214. The lowest BCUT2D eigenvalue weighted by Gasteiger charge is -2.23. The van der Waals surface area contributed by atoms with Gasteiger partial charge in [-0.15, -0.1) is 0 Å². The highest BCUT2D eigenvalue weighted by Crippen LogP contribution is 2.31. The molecule has 0 saturated heterocycles. The zero-order chi connectivity index (χ0) is 12.5. The van der Waals surface area contributed by atoms with Crippen LogP contribution in [0.15, 0.2) is 42.5 Å². The van der Waals surface area contributed by atoms with Gasteiger partial charge in [0.05, 0.1) is 0 Å². The lowest BCUT2D eigenvalue weighted by atomic mass is 9.87. The molecule has 17 heavy (non-hydrogen) atoms. The quantitative estimate of drug-likeness (QED) is 0.851. The number of hydrogen-bond acceptors (Lipinski definition) is 2. The van der Waals surface area contributed by atoms with Gasteiger partial charge >= 0.3 is 5.97 Å². The van der Waals surface area contributed by atoms with E-state index in [2.05, 4.69) is 0 Å². The van der Waals surface area contributed by atoms with Crippen LogP contribution in [-0.2, 0) is 10.4 Å². The third kappa shape index (κ3) is 1.78. The second-order valence-corrected chi connectivity index (χ2v) is 4.05. The minimum absolute atomic E-state index is 0.135. The number of aliphatic carboxylic acids is 1. The van der Waals surface area contributed by atoms with Gasteiger partial charge in [-0.1, -0.05) is 49.4 Å². The number of carbonyl (C=O) groups is 1. The van der Waals surface area contributed by atoms with Crippen LogP contribution in [0.1, 0.15) is 18.9 Å². The number of rotatable bonds is 3. The van der Waals surface area contributed by atoms with Crippen molar-refractivity contribution in [2.24, 2.45) is 0 Å². The van der Waals surface area contributed by atoms with Gasteiger partial charge in [-0.25, -0.2) is 4.79 Å². The van der Waals surface area contributed by atoms with Gasteiger partial charge in [0.15, 0.2) is 5.60 Å². The maximum absolute atomic E-state index is 11.2. The topological polar surface area (TPSA) is 57.5 Å². The molecule has 3 nitrogen and oxygen atoms in total. The van der Waals surface area contributed by atoms with Gasteiger partial charge in [0, 0.05) is 5.56 Å². The number of carboxylic acids is 1. The van der Waals surface area contributed by atoms with Gasteiger partial charge in [-0.2, -0.15) is 0 Å². The first-order valence-electron chi connectivity index (χ1n) is 5.53. The molecule has 0 unspecified atom stereocenters. The summed E-state index contributed by atoms with van der Waals surface area (Å²) >= 11 is 0. The minimum atomic E-state index is -1.82. The molecule has 2 aromatic rings. The van der Waals surface area contributed by atoms with Crippen LogP contribution in [0, 0.1) is 0 Å². The molecule has 88 valence electrons. The molecule has 2 rings (SSSR count). The van der Waals surface area contributed by atoms with Crippen molar-refractivity contribution >= 4 is 16.7 Å². The predicted molar refractivity (Wildman–Crippen MR) is 65.8 cm³/mol. The Kier molecular flexibility index (Phi) is 2.86. The standard InChI is InChI=1S/C14H14O3/c1-2-14(17,13(15)16)12-9-5-7-10-6-3-4-8-11(10)12/h3-9,17H,2H2,1H3,(H,15,16)/t14-/m1/s1. The van der Waals surface area contributed by atoms with E-state index >= 15 is 0 Å². The molecule has 0 heterocycles. The van der Waals surface area contributed by atoms with Crippen LogP contribution in [0.5, 0.6) is 0 Å². The Morgan fingerprint density at radius 1 is 1.18 bits per heavy atom. The van der Waals surface area contributed by atoms with Crippen LogP contribution in [0.4, 0.5) is 0 Å². The average Bonchev–Trinajstić information content (AvgIpc) is 2.37. The fourth-order valence-corrected chi connectivity index (χ4v) is 2.04. The van der Waals surface area contributed by atoms with Crippen molar-refractivity contribution in [2.45, 2.75) is 18.9 Å². The highest BCUT2D eigenvalue weighted by Gasteiger charge is 2.37. The molecule has 2 aromatic carbocycles. The molecular formula is C14H14O3. The molecule has 0 bridgehead atoms. The van der Waals surface area contributed by atoms with Crippen molar-refractivity contribution < 1.29 is 15.0 Å². The first-order valence-corrected chi connectivity index (χ1v) is 5.53. The molecule has 0 aliphatic carbocycles. The zero-order valence-corrected chi connectivity index (χ0v) is 9.55. The molecule has 2 N–H and O–H groups in total. The first-order chi connectivity index (χ1) is 8.09. The maximum Gasteiger partial charge on any atom is 0.340 e. The Morgan fingerprint density at radius 2 is 1.82 bits per heavy atom. The summed E-state index contributed by atoms with van der Waals surface area (Å²) < 4.78 is 0. The lowest BCUT2D eigenvalue weighted by Crippen LogP contribution is -2.34. The number of hydrogen-bond donors (Lipinski definition) is 2. The molecule has 0 aliphatic heterocycles. The number of carboxylic acid groups (broad SMARTS) is 1. The van der Waals surface area contributed by atoms with Gasteiger partial charge in [-0.3, -0.25) is 0 Å². The summed E-state index contributed by atoms with van der Waals surface area (Å²) in [6.07, 6.45) is 0.135. The summed E-state index contributed by atoms with van der Waals surface area (Å²) in [6.45, 7) is 1.66. The van der Waals surface area contributed by atoms with Crippen LogP contribution in [0.2, 0.25) is 0 Å². The summed E-state index contributed by atoms with van der Waals surface area (Å²) in [5.41, 5.74) is -1.37. The van der Waals surface area contributed by atoms with Crippen molar-refractivity contribution in [1.29, 1.82) is 0 Å². The van der Waals surface area contributed by atoms with E-state index in [1.165, 1.54) is 0 Å². The fourth-order valence-electron chi connectivity index (χ4n) is 2.04.